The van der Waals surface area contributed by atoms with Gasteiger partial charge < -0.3 is 45.1 Å². The van der Waals surface area contributed by atoms with Gasteiger partial charge in [0.25, 0.3) is 0 Å². The quantitative estimate of drug-likeness (QED) is 0.0312. The molecule has 1 aromatic rings. The molecule has 1 aromatic carbocycles. The lowest BCUT2D eigenvalue weighted by Crippen LogP contribution is -2.60. The number of carbonyl (C=O) groups is 1. The molecule has 11 nitrogen and oxygen atoms in total. The molecule has 1 aliphatic rings. The van der Waals surface area contributed by atoms with Crippen LogP contribution in [0.1, 0.15) is 251 Å². The average Bonchev–Trinajstić information content (AvgIpc) is 3.35. The van der Waals surface area contributed by atoms with Crippen molar-refractivity contribution in [1.82, 2.24) is 5.32 Å². The van der Waals surface area contributed by atoms with E-state index in [1.165, 1.54) is 193 Å². The summed E-state index contributed by atoms with van der Waals surface area (Å²) in [5.41, 5.74) is 0.343. The summed E-state index contributed by atoms with van der Waals surface area (Å²) in [5.74, 6) is 0. The van der Waals surface area contributed by atoms with Crippen molar-refractivity contribution in [2.24, 2.45) is 0 Å². The third-order valence-electron chi connectivity index (χ3n) is 14.2. The van der Waals surface area contributed by atoms with E-state index < -0.39 is 61.7 Å². The van der Waals surface area contributed by atoms with Gasteiger partial charge in [0.1, 0.15) is 31.0 Å². The molecule has 1 fully saturated rings. The molecule has 69 heavy (non-hydrogen) atoms. The maximum absolute atomic E-state index is 12.5. The van der Waals surface area contributed by atoms with Gasteiger partial charge in [0.05, 0.1) is 35.6 Å². The monoisotopic (exact) mass is 997 g/mol. The van der Waals surface area contributed by atoms with Crippen LogP contribution in [0.4, 0.5) is 10.5 Å². The van der Waals surface area contributed by atoms with Crippen molar-refractivity contribution in [1.29, 1.82) is 0 Å². The molecule has 404 valence electrons. The molecule has 2 rings (SSSR count). The van der Waals surface area contributed by atoms with Crippen LogP contribution in [0.3, 0.4) is 0 Å². The number of hydrogen-bond acceptors (Lipinski definition) is 10. The summed E-state index contributed by atoms with van der Waals surface area (Å²) >= 11 is 6.13. The Bertz CT molecular complexity index is 1310. The van der Waals surface area contributed by atoms with Crippen LogP contribution >= 0.6 is 11.6 Å². The first kappa shape index (κ1) is 63.6. The normalized spacial score (nSPS) is 19.7. The molecule has 1 saturated heterocycles. The van der Waals surface area contributed by atoms with E-state index in [2.05, 4.69) is 24.5 Å². The van der Waals surface area contributed by atoms with Gasteiger partial charge in [-0.2, -0.15) is 0 Å². The van der Waals surface area contributed by atoms with Gasteiger partial charge in [0.15, 0.2) is 6.29 Å². The molecule has 0 radical (unpaired) electrons. The second kappa shape index (κ2) is 44.0. The van der Waals surface area contributed by atoms with E-state index in [9.17, 15) is 30.3 Å². The Morgan fingerprint density at radius 2 is 0.986 bits per heavy atom. The molecule has 0 aliphatic carbocycles. The van der Waals surface area contributed by atoms with Gasteiger partial charge in [-0.05, 0) is 31.5 Å². The number of rotatable bonds is 47. The van der Waals surface area contributed by atoms with Crippen molar-refractivity contribution >= 4 is 23.4 Å². The number of amides is 1. The summed E-state index contributed by atoms with van der Waals surface area (Å²) in [4.78, 5) is 12.5. The van der Waals surface area contributed by atoms with Crippen LogP contribution in [-0.4, -0.2) is 100 Å². The molecule has 0 unspecified atom stereocenters. The van der Waals surface area contributed by atoms with Crippen LogP contribution in [0.15, 0.2) is 24.3 Å². The molecule has 0 bridgehead atoms. The van der Waals surface area contributed by atoms with Gasteiger partial charge >= 0.3 is 6.09 Å². The fraction of sp³-hybridized carbons (Fsp3) is 0.877. The fourth-order valence-electron chi connectivity index (χ4n) is 9.54. The summed E-state index contributed by atoms with van der Waals surface area (Å²) in [6.07, 6.45) is 36.7. The summed E-state index contributed by atoms with van der Waals surface area (Å²) in [5, 5.41) is 61.0. The van der Waals surface area contributed by atoms with E-state index in [1.54, 1.807) is 24.3 Å². The third kappa shape index (κ3) is 32.3. The molecule has 0 saturated carbocycles. The number of carbonyl (C=O) groups excluding carboxylic acids is 1. The van der Waals surface area contributed by atoms with E-state index in [4.69, 9.17) is 25.8 Å². The summed E-state index contributed by atoms with van der Waals surface area (Å²) in [7, 11) is 0. The minimum Gasteiger partial charge on any atom is -0.446 e. The van der Waals surface area contributed by atoms with Crippen LogP contribution < -0.4 is 10.6 Å². The number of aliphatic hydroxyl groups excluding tert-OH is 5. The Balaban J connectivity index is 1.69. The number of ether oxygens (including phenoxy) is 3. The first-order chi connectivity index (χ1) is 33.7. The number of benzene rings is 1. The predicted octanol–water partition coefficient (Wildman–Crippen LogP) is 13.9. The first-order valence-corrected chi connectivity index (χ1v) is 29.2. The topological polar surface area (TPSA) is 170 Å². The third-order valence-corrected chi connectivity index (χ3v) is 14.5. The molecular weight excluding hydrogens is 892 g/mol. The van der Waals surface area contributed by atoms with Crippen LogP contribution in [0.25, 0.3) is 0 Å². The molecule has 1 amide bonds. The molecular formula is C57H105ClN2O9. The second-order valence-electron chi connectivity index (χ2n) is 20.5. The fourth-order valence-corrected chi connectivity index (χ4v) is 9.73. The maximum Gasteiger partial charge on any atom is 0.411 e. The van der Waals surface area contributed by atoms with Gasteiger partial charge in [-0.25, -0.2) is 4.79 Å². The van der Waals surface area contributed by atoms with Gasteiger partial charge in [0, 0.05) is 0 Å². The van der Waals surface area contributed by atoms with Gasteiger partial charge in [-0.3, -0.25) is 5.32 Å². The SMILES string of the molecule is CCCCCCCCCCCCCCCCCCCCCCCCCCN[C@@H](CO[C@H]1O[C@H](COC(=O)Nc2ccccc2Cl)[C@H](O)[C@H](O)[C@H]1O)[C@H](O)[C@H](O)CCCCCCCCCCCCCC. The zero-order chi connectivity index (χ0) is 50.0. The predicted molar refractivity (Wildman–Crippen MR) is 285 cm³/mol. The number of para-hydroxylation sites is 1. The Morgan fingerprint density at radius 3 is 1.42 bits per heavy atom. The maximum atomic E-state index is 12.5. The highest BCUT2D eigenvalue weighted by atomic mass is 35.5. The van der Waals surface area contributed by atoms with E-state index >= 15 is 0 Å². The number of halogens is 1. The summed E-state index contributed by atoms with van der Waals surface area (Å²) < 4.78 is 17.1. The number of anilines is 1. The standard InChI is InChI=1S/C57H105ClN2O9/c1-3-5-7-9-11-13-15-17-18-19-20-21-22-23-24-25-26-27-28-30-32-34-36-40-44-59-49(52(62)50(61)43-37-35-33-31-29-16-14-12-10-8-6-4-2)45-67-56-55(65)54(64)53(63)51(69-56)46-68-57(66)60-48-42-39-38-41-47(48)58/h38-39,41-42,49-56,59,61-65H,3-37,40,43-46H2,1-2H3,(H,60,66)/t49-,50+,51+,52-,53-,54-,55+,56-/m0/s1. The Morgan fingerprint density at radius 1 is 0.580 bits per heavy atom. The van der Waals surface area contributed by atoms with Crippen molar-refractivity contribution in [2.75, 3.05) is 25.1 Å². The Hall–Kier alpha value is -1.54. The number of unbranched alkanes of at least 4 members (excludes halogenated alkanes) is 34. The number of nitrogens with one attached hydrogen (secondary N) is 2. The van der Waals surface area contributed by atoms with Crippen molar-refractivity contribution in [3.63, 3.8) is 0 Å². The lowest BCUT2D eigenvalue weighted by atomic mass is 9.98. The average molecular weight is 998 g/mol. The van der Waals surface area contributed by atoms with E-state index in [1.807, 2.05) is 0 Å². The molecule has 1 aliphatic heterocycles. The molecule has 12 heteroatoms. The lowest BCUT2D eigenvalue weighted by molar-refractivity contribution is -0.302. The second-order valence-corrected chi connectivity index (χ2v) is 20.9. The number of hydrogen-bond donors (Lipinski definition) is 7. The van der Waals surface area contributed by atoms with E-state index in [0.29, 0.717) is 23.7 Å². The van der Waals surface area contributed by atoms with Crippen LogP contribution in [0.2, 0.25) is 5.02 Å². The van der Waals surface area contributed by atoms with Gasteiger partial charge in [0.2, 0.25) is 0 Å². The van der Waals surface area contributed by atoms with Crippen LogP contribution in [0.5, 0.6) is 0 Å². The zero-order valence-electron chi connectivity index (χ0n) is 44.0. The zero-order valence-corrected chi connectivity index (χ0v) is 44.7. The molecule has 7 N–H and O–H groups in total. The molecule has 0 aromatic heterocycles. The highest BCUT2D eigenvalue weighted by Gasteiger charge is 2.45. The molecule has 8 atom stereocenters. The largest absolute Gasteiger partial charge is 0.446 e. The van der Waals surface area contributed by atoms with E-state index in [-0.39, 0.29) is 6.61 Å². The molecule has 0 spiro atoms. The number of aliphatic hydroxyl groups is 5. The lowest BCUT2D eigenvalue weighted by Gasteiger charge is -2.40. The molecule has 1 heterocycles. The summed E-state index contributed by atoms with van der Waals surface area (Å²) in [6.45, 7) is 4.57. The smallest absolute Gasteiger partial charge is 0.411 e. The van der Waals surface area contributed by atoms with Crippen molar-refractivity contribution in [2.45, 2.75) is 300 Å². The Kier molecular flexibility index (Phi) is 40.5. The van der Waals surface area contributed by atoms with Gasteiger partial charge in [-0.15, -0.1) is 0 Å². The highest BCUT2D eigenvalue weighted by Crippen LogP contribution is 2.25. The highest BCUT2D eigenvalue weighted by molar-refractivity contribution is 6.33. The van der Waals surface area contributed by atoms with Crippen molar-refractivity contribution in [3.8, 4) is 0 Å². The summed E-state index contributed by atoms with van der Waals surface area (Å²) in [6, 6.07) is 5.97. The van der Waals surface area contributed by atoms with Crippen molar-refractivity contribution < 1.29 is 44.5 Å². The van der Waals surface area contributed by atoms with Crippen LogP contribution in [0, 0.1) is 0 Å². The van der Waals surface area contributed by atoms with Crippen LogP contribution in [-0.2, 0) is 14.2 Å². The van der Waals surface area contributed by atoms with Gasteiger partial charge in [-0.1, -0.05) is 262 Å². The van der Waals surface area contributed by atoms with E-state index in [0.717, 1.165) is 38.5 Å². The minimum absolute atomic E-state index is 0.138. The first-order valence-electron chi connectivity index (χ1n) is 28.8. The minimum atomic E-state index is -1.64. The Labute approximate surface area is 426 Å². The van der Waals surface area contributed by atoms with Crippen molar-refractivity contribution in [3.05, 3.63) is 29.3 Å².